The number of rotatable bonds is 3. The molecule has 0 aliphatic heterocycles. The molecule has 2 atom stereocenters. The second-order valence-corrected chi connectivity index (χ2v) is 3.69. The van der Waals surface area contributed by atoms with Gasteiger partial charge in [-0.15, -0.1) is 0 Å². The van der Waals surface area contributed by atoms with Crippen molar-refractivity contribution in [2.24, 2.45) is 5.92 Å². The minimum absolute atomic E-state index is 0.0000926. The smallest absolute Gasteiger partial charge is 0.309 e. The lowest BCUT2D eigenvalue weighted by atomic mass is 9.84. The Morgan fingerprint density at radius 2 is 2.00 bits per heavy atom. The monoisotopic (exact) mass is 212 g/mol. The molecule has 15 heavy (non-hydrogen) atoms. The summed E-state index contributed by atoms with van der Waals surface area (Å²) in [5.74, 6) is -2.84. The van der Waals surface area contributed by atoms with Gasteiger partial charge in [0.1, 0.15) is 11.4 Å². The van der Waals surface area contributed by atoms with Crippen molar-refractivity contribution in [2.45, 2.75) is 19.4 Å². The van der Waals surface area contributed by atoms with E-state index >= 15 is 0 Å². The molecular formula is C11H13FO3. The summed E-state index contributed by atoms with van der Waals surface area (Å²) in [6, 6.07) is 5.62. The lowest BCUT2D eigenvalue weighted by Crippen LogP contribution is -2.36. The van der Waals surface area contributed by atoms with Crippen LogP contribution in [0, 0.1) is 11.7 Å². The van der Waals surface area contributed by atoms with Gasteiger partial charge in [-0.3, -0.25) is 4.79 Å². The first-order valence-corrected chi connectivity index (χ1v) is 4.57. The molecule has 1 aromatic rings. The fraction of sp³-hybridized carbons (Fsp3) is 0.364. The Morgan fingerprint density at radius 3 is 2.47 bits per heavy atom. The van der Waals surface area contributed by atoms with Crippen LogP contribution in [0.4, 0.5) is 4.39 Å². The first kappa shape index (κ1) is 11.7. The maximum absolute atomic E-state index is 13.4. The van der Waals surface area contributed by atoms with Gasteiger partial charge in [-0.25, -0.2) is 4.39 Å². The number of aliphatic carboxylic acids is 1. The van der Waals surface area contributed by atoms with Gasteiger partial charge in [0.25, 0.3) is 0 Å². The summed E-state index contributed by atoms with van der Waals surface area (Å²) in [5.41, 5.74) is -1.71. The van der Waals surface area contributed by atoms with Gasteiger partial charge in [0, 0.05) is 5.56 Å². The molecule has 0 aromatic heterocycles. The van der Waals surface area contributed by atoms with E-state index in [1.807, 2.05) is 0 Å². The number of carboxylic acid groups (broad SMARTS) is 1. The number of halogens is 1. The molecule has 2 N–H and O–H groups in total. The zero-order valence-electron chi connectivity index (χ0n) is 8.57. The first-order chi connectivity index (χ1) is 6.87. The Morgan fingerprint density at radius 1 is 1.47 bits per heavy atom. The Bertz CT molecular complexity index is 374. The van der Waals surface area contributed by atoms with Gasteiger partial charge in [-0.2, -0.15) is 0 Å². The van der Waals surface area contributed by atoms with E-state index in [1.54, 1.807) is 6.07 Å². The van der Waals surface area contributed by atoms with Crippen LogP contribution in [-0.4, -0.2) is 16.2 Å². The fourth-order valence-corrected chi connectivity index (χ4v) is 1.35. The number of hydrogen-bond acceptors (Lipinski definition) is 2. The highest BCUT2D eigenvalue weighted by atomic mass is 19.1. The van der Waals surface area contributed by atoms with Crippen molar-refractivity contribution >= 4 is 5.97 Å². The summed E-state index contributed by atoms with van der Waals surface area (Å²) in [6.07, 6.45) is 0. The molecule has 1 aromatic carbocycles. The second kappa shape index (κ2) is 3.98. The van der Waals surface area contributed by atoms with Crippen LogP contribution in [0.15, 0.2) is 24.3 Å². The third kappa shape index (κ3) is 2.15. The number of benzene rings is 1. The zero-order chi connectivity index (χ0) is 11.6. The average molecular weight is 212 g/mol. The summed E-state index contributed by atoms with van der Waals surface area (Å²) in [5, 5.41) is 18.8. The van der Waals surface area contributed by atoms with E-state index in [4.69, 9.17) is 5.11 Å². The molecule has 82 valence electrons. The van der Waals surface area contributed by atoms with E-state index in [9.17, 15) is 14.3 Å². The van der Waals surface area contributed by atoms with Crippen molar-refractivity contribution < 1.29 is 19.4 Å². The Kier molecular flexibility index (Phi) is 3.09. The third-order valence-electron chi connectivity index (χ3n) is 2.63. The van der Waals surface area contributed by atoms with Crippen molar-refractivity contribution in [3.63, 3.8) is 0 Å². The molecule has 0 saturated carbocycles. The summed E-state index contributed by atoms with van der Waals surface area (Å²) in [4.78, 5) is 10.7. The molecule has 0 fully saturated rings. The molecule has 0 heterocycles. The molecule has 1 rings (SSSR count). The Balaban J connectivity index is 3.16. The van der Waals surface area contributed by atoms with Crippen LogP contribution in [0.2, 0.25) is 0 Å². The van der Waals surface area contributed by atoms with Crippen LogP contribution in [0.5, 0.6) is 0 Å². The highest BCUT2D eigenvalue weighted by molar-refractivity contribution is 5.71. The van der Waals surface area contributed by atoms with Gasteiger partial charge < -0.3 is 10.2 Å². The Labute approximate surface area is 87.2 Å². The minimum Gasteiger partial charge on any atom is -0.481 e. The van der Waals surface area contributed by atoms with Gasteiger partial charge in [0.2, 0.25) is 0 Å². The summed E-state index contributed by atoms with van der Waals surface area (Å²) >= 11 is 0. The van der Waals surface area contributed by atoms with Crippen molar-refractivity contribution in [2.75, 3.05) is 0 Å². The fourth-order valence-electron chi connectivity index (χ4n) is 1.35. The SMILES string of the molecule is CC(C(=O)O)C(C)(O)c1ccccc1F. The van der Waals surface area contributed by atoms with Gasteiger partial charge in [-0.1, -0.05) is 18.2 Å². The van der Waals surface area contributed by atoms with Crippen molar-refractivity contribution in [3.8, 4) is 0 Å². The van der Waals surface area contributed by atoms with Crippen molar-refractivity contribution in [3.05, 3.63) is 35.6 Å². The first-order valence-electron chi connectivity index (χ1n) is 4.57. The molecule has 0 radical (unpaired) electrons. The van der Waals surface area contributed by atoms with Crippen LogP contribution in [0.25, 0.3) is 0 Å². The van der Waals surface area contributed by atoms with E-state index in [1.165, 1.54) is 32.0 Å². The van der Waals surface area contributed by atoms with E-state index in [-0.39, 0.29) is 5.56 Å². The van der Waals surface area contributed by atoms with E-state index in [0.717, 1.165) is 0 Å². The number of carbonyl (C=O) groups is 1. The third-order valence-corrected chi connectivity index (χ3v) is 2.63. The maximum Gasteiger partial charge on any atom is 0.309 e. The van der Waals surface area contributed by atoms with E-state index in [0.29, 0.717) is 0 Å². The van der Waals surface area contributed by atoms with Crippen LogP contribution in [0.3, 0.4) is 0 Å². The van der Waals surface area contributed by atoms with E-state index in [2.05, 4.69) is 0 Å². The molecular weight excluding hydrogens is 199 g/mol. The van der Waals surface area contributed by atoms with Gasteiger partial charge in [-0.05, 0) is 19.9 Å². The molecule has 0 aliphatic rings. The largest absolute Gasteiger partial charge is 0.481 e. The van der Waals surface area contributed by atoms with Crippen LogP contribution in [0.1, 0.15) is 19.4 Å². The molecule has 3 nitrogen and oxygen atoms in total. The van der Waals surface area contributed by atoms with Gasteiger partial charge in [0.05, 0.1) is 5.92 Å². The topological polar surface area (TPSA) is 57.5 Å². The average Bonchev–Trinajstić information content (AvgIpc) is 2.16. The van der Waals surface area contributed by atoms with Crippen molar-refractivity contribution in [1.82, 2.24) is 0 Å². The number of hydrogen-bond donors (Lipinski definition) is 2. The standard InChI is InChI=1S/C11H13FO3/c1-7(10(13)14)11(2,15)8-5-3-4-6-9(8)12/h3-7,15H,1-2H3,(H,13,14). The minimum atomic E-state index is -1.71. The van der Waals surface area contributed by atoms with Crippen LogP contribution in [-0.2, 0) is 10.4 Å². The Hall–Kier alpha value is -1.42. The summed E-state index contributed by atoms with van der Waals surface area (Å²) < 4.78 is 13.4. The van der Waals surface area contributed by atoms with Crippen LogP contribution < -0.4 is 0 Å². The lowest BCUT2D eigenvalue weighted by Gasteiger charge is -2.28. The quantitative estimate of drug-likeness (QED) is 0.802. The van der Waals surface area contributed by atoms with Gasteiger partial charge in [0.15, 0.2) is 0 Å². The normalized spacial score (nSPS) is 16.8. The molecule has 0 aliphatic carbocycles. The summed E-state index contributed by atoms with van der Waals surface area (Å²) in [6.45, 7) is 2.64. The van der Waals surface area contributed by atoms with Gasteiger partial charge >= 0.3 is 5.97 Å². The van der Waals surface area contributed by atoms with Crippen molar-refractivity contribution in [1.29, 1.82) is 0 Å². The summed E-state index contributed by atoms with van der Waals surface area (Å²) in [7, 11) is 0. The molecule has 0 amide bonds. The molecule has 2 unspecified atom stereocenters. The maximum atomic E-state index is 13.4. The highest BCUT2D eigenvalue weighted by Crippen LogP contribution is 2.30. The van der Waals surface area contributed by atoms with E-state index < -0.39 is 23.3 Å². The molecule has 0 spiro atoms. The number of aliphatic hydroxyl groups is 1. The molecule has 0 saturated heterocycles. The van der Waals surface area contributed by atoms with Crippen LogP contribution >= 0.6 is 0 Å². The second-order valence-electron chi connectivity index (χ2n) is 3.69. The highest BCUT2D eigenvalue weighted by Gasteiger charge is 2.37. The molecule has 4 heteroatoms. The number of carboxylic acids is 1. The predicted octanol–water partition coefficient (Wildman–Crippen LogP) is 1.75. The zero-order valence-corrected chi connectivity index (χ0v) is 8.57. The molecule has 0 bridgehead atoms. The lowest BCUT2D eigenvalue weighted by molar-refractivity contribution is -0.150. The predicted molar refractivity (Wildman–Crippen MR) is 52.8 cm³/mol.